The molecule has 132 valence electrons. The molecule has 0 aliphatic rings. The second-order valence-electron chi connectivity index (χ2n) is 8.33. The quantitative estimate of drug-likeness (QED) is 0.431. The van der Waals surface area contributed by atoms with Crippen molar-refractivity contribution in [2.45, 2.75) is 41.0 Å². The molecule has 4 rings (SSSR count). The standard InChI is InChI=1S/C23H24N2O/c1-14-6-8-17(19-12-16(10-11-24-19)13-23(3,4)5)21-20(14)18-9-7-15(2)25-22(18)26-21/h6-12H,13H2,1-5H3. The first-order valence-corrected chi connectivity index (χ1v) is 9.07. The Morgan fingerprint density at radius 2 is 1.81 bits per heavy atom. The van der Waals surface area contributed by atoms with E-state index in [1.807, 2.05) is 19.2 Å². The van der Waals surface area contributed by atoms with E-state index in [-0.39, 0.29) is 5.41 Å². The molecule has 0 saturated heterocycles. The third kappa shape index (κ3) is 2.98. The van der Waals surface area contributed by atoms with Gasteiger partial charge in [0.25, 0.3) is 0 Å². The second-order valence-corrected chi connectivity index (χ2v) is 8.33. The minimum atomic E-state index is 0.238. The number of hydrogen-bond acceptors (Lipinski definition) is 3. The van der Waals surface area contributed by atoms with Crippen LogP contribution in [0.25, 0.3) is 33.3 Å². The lowest BCUT2D eigenvalue weighted by atomic mass is 9.88. The van der Waals surface area contributed by atoms with Crippen molar-refractivity contribution in [2.75, 3.05) is 0 Å². The molecular weight excluding hydrogens is 320 g/mol. The maximum atomic E-state index is 6.19. The van der Waals surface area contributed by atoms with Crippen molar-refractivity contribution < 1.29 is 4.42 Å². The minimum Gasteiger partial charge on any atom is -0.437 e. The number of pyridine rings is 2. The molecule has 0 bridgehead atoms. The van der Waals surface area contributed by atoms with Gasteiger partial charge < -0.3 is 4.42 Å². The number of rotatable bonds is 2. The van der Waals surface area contributed by atoms with E-state index in [1.54, 1.807) is 0 Å². The lowest BCUT2D eigenvalue weighted by Gasteiger charge is -2.18. The van der Waals surface area contributed by atoms with Gasteiger partial charge in [-0.2, -0.15) is 0 Å². The topological polar surface area (TPSA) is 38.9 Å². The van der Waals surface area contributed by atoms with Crippen molar-refractivity contribution in [3.8, 4) is 11.3 Å². The summed E-state index contributed by atoms with van der Waals surface area (Å²) in [6, 6.07) is 12.7. The largest absolute Gasteiger partial charge is 0.437 e. The Morgan fingerprint density at radius 1 is 1.00 bits per heavy atom. The number of benzene rings is 1. The van der Waals surface area contributed by atoms with Gasteiger partial charge in [0.2, 0.25) is 5.71 Å². The van der Waals surface area contributed by atoms with Gasteiger partial charge in [-0.15, -0.1) is 0 Å². The van der Waals surface area contributed by atoms with Crippen LogP contribution in [0.2, 0.25) is 0 Å². The van der Waals surface area contributed by atoms with Crippen LogP contribution in [0.1, 0.15) is 37.6 Å². The van der Waals surface area contributed by atoms with Crippen LogP contribution < -0.4 is 0 Å². The smallest absolute Gasteiger partial charge is 0.227 e. The van der Waals surface area contributed by atoms with Crippen LogP contribution in [-0.2, 0) is 6.42 Å². The van der Waals surface area contributed by atoms with Gasteiger partial charge in [-0.1, -0.05) is 26.8 Å². The number of aryl methyl sites for hydroxylation is 2. The van der Waals surface area contributed by atoms with Crippen LogP contribution in [0.5, 0.6) is 0 Å². The van der Waals surface area contributed by atoms with E-state index in [0.29, 0.717) is 5.71 Å². The molecule has 0 spiro atoms. The molecule has 0 aliphatic carbocycles. The minimum absolute atomic E-state index is 0.238. The van der Waals surface area contributed by atoms with Gasteiger partial charge in [-0.25, -0.2) is 4.98 Å². The van der Waals surface area contributed by atoms with E-state index in [0.717, 1.165) is 39.7 Å². The fourth-order valence-corrected chi connectivity index (χ4v) is 3.57. The SMILES string of the molecule is Cc1ccc2c(n1)oc1c(-c3cc(CC(C)(C)C)ccn3)ccc(C)c12. The Bertz CT molecular complexity index is 1120. The monoisotopic (exact) mass is 344 g/mol. The van der Waals surface area contributed by atoms with Crippen LogP contribution >= 0.6 is 0 Å². The molecule has 3 aromatic heterocycles. The zero-order valence-electron chi connectivity index (χ0n) is 16.1. The molecule has 3 nitrogen and oxygen atoms in total. The Labute approximate surface area is 154 Å². The first kappa shape index (κ1) is 16.8. The average Bonchev–Trinajstić information content (AvgIpc) is 2.92. The van der Waals surface area contributed by atoms with E-state index in [1.165, 1.54) is 11.1 Å². The van der Waals surface area contributed by atoms with Crippen molar-refractivity contribution in [3.05, 3.63) is 59.4 Å². The van der Waals surface area contributed by atoms with Gasteiger partial charge in [0.1, 0.15) is 5.58 Å². The summed E-state index contributed by atoms with van der Waals surface area (Å²) in [7, 11) is 0. The van der Waals surface area contributed by atoms with Crippen molar-refractivity contribution >= 4 is 22.1 Å². The number of nitrogens with zero attached hydrogens (tertiary/aromatic N) is 2. The van der Waals surface area contributed by atoms with Crippen LogP contribution in [-0.4, -0.2) is 9.97 Å². The summed E-state index contributed by atoms with van der Waals surface area (Å²) in [6.07, 6.45) is 2.91. The molecule has 3 heterocycles. The highest BCUT2D eigenvalue weighted by Gasteiger charge is 2.17. The third-order valence-electron chi connectivity index (χ3n) is 4.67. The number of aromatic nitrogens is 2. The Balaban J connectivity index is 1.94. The van der Waals surface area contributed by atoms with E-state index < -0.39 is 0 Å². The zero-order valence-corrected chi connectivity index (χ0v) is 16.1. The van der Waals surface area contributed by atoms with E-state index in [2.05, 4.69) is 68.0 Å². The third-order valence-corrected chi connectivity index (χ3v) is 4.67. The molecule has 0 amide bonds. The molecule has 26 heavy (non-hydrogen) atoms. The lowest BCUT2D eigenvalue weighted by Crippen LogP contribution is -2.09. The molecule has 0 N–H and O–H groups in total. The maximum Gasteiger partial charge on any atom is 0.227 e. The van der Waals surface area contributed by atoms with Gasteiger partial charge >= 0.3 is 0 Å². The lowest BCUT2D eigenvalue weighted by molar-refractivity contribution is 0.411. The van der Waals surface area contributed by atoms with Gasteiger partial charge in [-0.05, 0) is 67.1 Å². The summed E-state index contributed by atoms with van der Waals surface area (Å²) < 4.78 is 6.19. The molecule has 1 aromatic carbocycles. The molecule has 0 saturated carbocycles. The highest BCUT2D eigenvalue weighted by molar-refractivity contribution is 6.10. The molecule has 3 heteroatoms. The fourth-order valence-electron chi connectivity index (χ4n) is 3.57. The highest BCUT2D eigenvalue weighted by Crippen LogP contribution is 2.37. The molecule has 0 atom stereocenters. The summed E-state index contributed by atoms with van der Waals surface area (Å²) in [5.74, 6) is 0. The summed E-state index contributed by atoms with van der Waals surface area (Å²) in [5.41, 5.74) is 7.23. The average molecular weight is 344 g/mol. The van der Waals surface area contributed by atoms with Crippen LogP contribution in [0.15, 0.2) is 47.0 Å². The summed E-state index contributed by atoms with van der Waals surface area (Å²) in [4.78, 5) is 9.19. The Hall–Kier alpha value is -2.68. The fraction of sp³-hybridized carbons (Fsp3) is 0.304. The van der Waals surface area contributed by atoms with Crippen molar-refractivity contribution in [3.63, 3.8) is 0 Å². The first-order valence-electron chi connectivity index (χ1n) is 9.07. The van der Waals surface area contributed by atoms with E-state index in [9.17, 15) is 0 Å². The number of hydrogen-bond donors (Lipinski definition) is 0. The van der Waals surface area contributed by atoms with Crippen molar-refractivity contribution in [2.24, 2.45) is 5.41 Å². The Morgan fingerprint density at radius 3 is 2.58 bits per heavy atom. The normalized spacial score (nSPS) is 12.2. The summed E-state index contributed by atoms with van der Waals surface area (Å²) >= 11 is 0. The van der Waals surface area contributed by atoms with Crippen LogP contribution in [0.3, 0.4) is 0 Å². The Kier molecular flexibility index (Phi) is 3.83. The maximum absolute atomic E-state index is 6.19. The molecular formula is C23H24N2O. The highest BCUT2D eigenvalue weighted by atomic mass is 16.3. The molecule has 4 aromatic rings. The van der Waals surface area contributed by atoms with Crippen LogP contribution in [0, 0.1) is 19.3 Å². The second kappa shape index (κ2) is 5.94. The van der Waals surface area contributed by atoms with Gasteiger partial charge in [0.05, 0.1) is 5.69 Å². The predicted molar refractivity (Wildman–Crippen MR) is 107 cm³/mol. The van der Waals surface area contributed by atoms with E-state index in [4.69, 9.17) is 4.42 Å². The molecule has 0 unspecified atom stereocenters. The van der Waals surface area contributed by atoms with E-state index >= 15 is 0 Å². The van der Waals surface area contributed by atoms with Gasteiger partial charge in [0, 0.05) is 28.2 Å². The number of fused-ring (bicyclic) bond motifs is 3. The zero-order chi connectivity index (χ0) is 18.5. The predicted octanol–water partition coefficient (Wildman–Crippen LogP) is 6.25. The summed E-state index contributed by atoms with van der Waals surface area (Å²) in [5, 5.41) is 2.20. The van der Waals surface area contributed by atoms with Crippen LogP contribution in [0.4, 0.5) is 0 Å². The van der Waals surface area contributed by atoms with Crippen molar-refractivity contribution in [1.29, 1.82) is 0 Å². The van der Waals surface area contributed by atoms with Gasteiger partial charge in [0.15, 0.2) is 0 Å². The number of furan rings is 1. The summed E-state index contributed by atoms with van der Waals surface area (Å²) in [6.45, 7) is 10.9. The molecule has 0 aliphatic heterocycles. The molecule has 0 fully saturated rings. The van der Waals surface area contributed by atoms with Gasteiger partial charge in [-0.3, -0.25) is 4.98 Å². The van der Waals surface area contributed by atoms with Crippen molar-refractivity contribution in [1.82, 2.24) is 9.97 Å². The molecule has 0 radical (unpaired) electrons. The first-order chi connectivity index (χ1) is 12.3.